The Morgan fingerprint density at radius 2 is 1.79 bits per heavy atom. The number of nitrogens with zero attached hydrogens (tertiary/aromatic N) is 2. The highest BCUT2D eigenvalue weighted by Gasteiger charge is 2.17. The number of nitrogens with one attached hydrogen (secondary N) is 1. The lowest BCUT2D eigenvalue weighted by Gasteiger charge is -2.10. The van der Waals surface area contributed by atoms with Gasteiger partial charge in [-0.3, -0.25) is 4.40 Å². The normalized spacial score (nSPS) is 11.1. The summed E-state index contributed by atoms with van der Waals surface area (Å²) in [6.45, 7) is 4.17. The summed E-state index contributed by atoms with van der Waals surface area (Å²) in [5.74, 6) is 0.960. The van der Waals surface area contributed by atoms with Gasteiger partial charge in [-0.15, -0.1) is 11.3 Å². The minimum atomic E-state index is 0.764. The van der Waals surface area contributed by atoms with Crippen LogP contribution in [0.3, 0.4) is 0 Å². The van der Waals surface area contributed by atoms with Gasteiger partial charge in [0.2, 0.25) is 0 Å². The number of halogens is 1. The molecule has 5 heteroatoms. The predicted molar refractivity (Wildman–Crippen MR) is 103 cm³/mol. The number of aromatic nitrogens is 2. The number of fused-ring (bicyclic) bond motifs is 1. The van der Waals surface area contributed by atoms with Crippen molar-refractivity contribution in [2.45, 2.75) is 13.8 Å². The second-order valence-electron chi connectivity index (χ2n) is 5.74. The SMILES string of the molecule is Cc1ccccc1Nc1c(-c2ccc(Cl)s2)nc2c(C)cccn12. The first-order valence-electron chi connectivity index (χ1n) is 7.69. The Bertz CT molecular complexity index is 1030. The number of hydrogen-bond acceptors (Lipinski definition) is 3. The zero-order chi connectivity index (χ0) is 16.7. The molecule has 0 aliphatic carbocycles. The minimum Gasteiger partial charge on any atom is -0.339 e. The molecule has 1 aromatic carbocycles. The van der Waals surface area contributed by atoms with Gasteiger partial charge in [-0.1, -0.05) is 35.9 Å². The molecular formula is C19H16ClN3S. The highest BCUT2D eigenvalue weighted by Crippen LogP contribution is 2.37. The summed E-state index contributed by atoms with van der Waals surface area (Å²) in [6, 6.07) is 16.3. The van der Waals surface area contributed by atoms with Crippen LogP contribution in [0.25, 0.3) is 16.2 Å². The van der Waals surface area contributed by atoms with Crippen LogP contribution in [0.15, 0.2) is 54.7 Å². The van der Waals surface area contributed by atoms with E-state index in [2.05, 4.69) is 41.8 Å². The highest BCUT2D eigenvalue weighted by atomic mass is 35.5. The molecule has 120 valence electrons. The number of thiophene rings is 1. The van der Waals surface area contributed by atoms with Crippen molar-refractivity contribution in [3.8, 4) is 10.6 Å². The number of pyridine rings is 1. The lowest BCUT2D eigenvalue weighted by molar-refractivity contribution is 1.16. The third-order valence-corrected chi connectivity index (χ3v) is 5.29. The molecule has 0 fully saturated rings. The van der Waals surface area contributed by atoms with E-state index in [1.54, 1.807) is 11.3 Å². The molecule has 0 spiro atoms. The number of imidazole rings is 1. The van der Waals surface area contributed by atoms with Gasteiger partial charge in [0.05, 0.1) is 9.21 Å². The van der Waals surface area contributed by atoms with Gasteiger partial charge in [0, 0.05) is 11.9 Å². The summed E-state index contributed by atoms with van der Waals surface area (Å²) in [6.07, 6.45) is 2.04. The molecule has 0 atom stereocenters. The van der Waals surface area contributed by atoms with Crippen molar-refractivity contribution < 1.29 is 0 Å². The molecular weight excluding hydrogens is 338 g/mol. The lowest BCUT2D eigenvalue weighted by Crippen LogP contribution is -1.98. The van der Waals surface area contributed by atoms with Crippen molar-refractivity contribution >= 4 is 40.1 Å². The van der Waals surface area contributed by atoms with E-state index < -0.39 is 0 Å². The zero-order valence-corrected chi connectivity index (χ0v) is 14.9. The van der Waals surface area contributed by atoms with Gasteiger partial charge in [0.25, 0.3) is 0 Å². The van der Waals surface area contributed by atoms with E-state index in [1.165, 1.54) is 5.56 Å². The molecule has 3 heterocycles. The van der Waals surface area contributed by atoms with Gasteiger partial charge < -0.3 is 5.32 Å². The van der Waals surface area contributed by atoms with Crippen LogP contribution in [0.1, 0.15) is 11.1 Å². The summed E-state index contributed by atoms with van der Waals surface area (Å²) < 4.78 is 2.87. The smallest absolute Gasteiger partial charge is 0.144 e. The van der Waals surface area contributed by atoms with Crippen molar-refractivity contribution in [2.75, 3.05) is 5.32 Å². The third kappa shape index (κ3) is 2.58. The summed E-state index contributed by atoms with van der Waals surface area (Å²) in [4.78, 5) is 5.93. The van der Waals surface area contributed by atoms with Gasteiger partial charge in [-0.25, -0.2) is 4.98 Å². The fourth-order valence-electron chi connectivity index (χ4n) is 2.78. The van der Waals surface area contributed by atoms with Gasteiger partial charge in [0.15, 0.2) is 0 Å². The Morgan fingerprint density at radius 1 is 1.00 bits per heavy atom. The largest absolute Gasteiger partial charge is 0.339 e. The first-order chi connectivity index (χ1) is 11.6. The summed E-state index contributed by atoms with van der Waals surface area (Å²) in [5.41, 5.74) is 5.27. The maximum absolute atomic E-state index is 6.14. The van der Waals surface area contributed by atoms with Crippen molar-refractivity contribution in [2.24, 2.45) is 0 Å². The molecule has 0 saturated heterocycles. The summed E-state index contributed by atoms with van der Waals surface area (Å²) >= 11 is 7.68. The molecule has 0 amide bonds. The predicted octanol–water partition coefficient (Wildman–Crippen LogP) is 6.08. The van der Waals surface area contributed by atoms with Crippen molar-refractivity contribution in [3.63, 3.8) is 0 Å². The van der Waals surface area contributed by atoms with Crippen LogP contribution >= 0.6 is 22.9 Å². The fraction of sp³-hybridized carbons (Fsp3) is 0.105. The zero-order valence-electron chi connectivity index (χ0n) is 13.4. The molecule has 0 aliphatic rings. The maximum atomic E-state index is 6.14. The highest BCUT2D eigenvalue weighted by molar-refractivity contribution is 7.19. The summed E-state index contributed by atoms with van der Waals surface area (Å²) in [5, 5.41) is 3.56. The standard InChI is InChI=1S/C19H16ClN3S/c1-12-6-3-4-8-14(12)21-19-17(15-9-10-16(20)24-15)22-18-13(2)7-5-11-23(18)19/h3-11,21H,1-2H3. The van der Waals surface area contributed by atoms with E-state index in [-0.39, 0.29) is 0 Å². The van der Waals surface area contributed by atoms with E-state index in [0.29, 0.717) is 0 Å². The molecule has 4 rings (SSSR count). The average molecular weight is 354 g/mol. The van der Waals surface area contributed by atoms with Crippen LogP contribution in [0.4, 0.5) is 11.5 Å². The van der Waals surface area contributed by atoms with Gasteiger partial charge in [0.1, 0.15) is 17.2 Å². The number of para-hydroxylation sites is 1. The number of hydrogen-bond donors (Lipinski definition) is 1. The van der Waals surface area contributed by atoms with E-state index >= 15 is 0 Å². The Morgan fingerprint density at radius 3 is 2.54 bits per heavy atom. The van der Waals surface area contributed by atoms with E-state index in [1.807, 2.05) is 36.5 Å². The van der Waals surface area contributed by atoms with Crippen LogP contribution < -0.4 is 5.32 Å². The molecule has 3 aromatic heterocycles. The molecule has 1 N–H and O–H groups in total. The number of rotatable bonds is 3. The van der Waals surface area contributed by atoms with E-state index in [9.17, 15) is 0 Å². The Hall–Kier alpha value is -2.30. The van der Waals surface area contributed by atoms with Gasteiger partial charge in [-0.2, -0.15) is 0 Å². The molecule has 0 bridgehead atoms. The van der Waals surface area contributed by atoms with Crippen LogP contribution in [-0.2, 0) is 0 Å². The van der Waals surface area contributed by atoms with Crippen LogP contribution in [-0.4, -0.2) is 9.38 Å². The molecule has 4 aromatic rings. The fourth-order valence-corrected chi connectivity index (χ4v) is 3.81. The van der Waals surface area contributed by atoms with Gasteiger partial charge in [-0.05, 0) is 49.2 Å². The monoisotopic (exact) mass is 353 g/mol. The number of aryl methyl sites for hydroxylation is 2. The average Bonchev–Trinajstić information content (AvgIpc) is 3.15. The van der Waals surface area contributed by atoms with Crippen molar-refractivity contribution in [3.05, 3.63) is 70.2 Å². The Kier molecular flexibility index (Phi) is 3.79. The Balaban J connectivity index is 1.95. The summed E-state index contributed by atoms with van der Waals surface area (Å²) in [7, 11) is 0. The molecule has 0 saturated carbocycles. The van der Waals surface area contributed by atoms with Crippen molar-refractivity contribution in [1.29, 1.82) is 0 Å². The quantitative estimate of drug-likeness (QED) is 0.483. The van der Waals surface area contributed by atoms with Crippen LogP contribution in [0, 0.1) is 13.8 Å². The van der Waals surface area contributed by atoms with Crippen molar-refractivity contribution in [1.82, 2.24) is 9.38 Å². The minimum absolute atomic E-state index is 0.764. The van der Waals surface area contributed by atoms with Crippen LogP contribution in [0.2, 0.25) is 4.34 Å². The maximum Gasteiger partial charge on any atom is 0.144 e. The topological polar surface area (TPSA) is 29.3 Å². The van der Waals surface area contributed by atoms with Gasteiger partial charge >= 0.3 is 0 Å². The van der Waals surface area contributed by atoms with Crippen LogP contribution in [0.5, 0.6) is 0 Å². The molecule has 24 heavy (non-hydrogen) atoms. The molecule has 0 aliphatic heterocycles. The number of anilines is 2. The van der Waals surface area contributed by atoms with E-state index in [0.717, 1.165) is 37.6 Å². The first-order valence-corrected chi connectivity index (χ1v) is 8.89. The lowest BCUT2D eigenvalue weighted by atomic mass is 10.2. The molecule has 3 nitrogen and oxygen atoms in total. The second-order valence-corrected chi connectivity index (χ2v) is 7.45. The molecule has 0 radical (unpaired) electrons. The second kappa shape index (κ2) is 5.96. The molecule has 0 unspecified atom stereocenters. The number of benzene rings is 1. The third-order valence-electron chi connectivity index (χ3n) is 4.05. The Labute approximate surface area is 149 Å². The first kappa shape index (κ1) is 15.2. The van der Waals surface area contributed by atoms with E-state index in [4.69, 9.17) is 16.6 Å².